The van der Waals surface area contributed by atoms with Crippen LogP contribution in [-0.4, -0.2) is 30.6 Å². The topological polar surface area (TPSA) is 58.4 Å². The third kappa shape index (κ3) is 1.97. The third-order valence-electron chi connectivity index (χ3n) is 3.90. The number of nitrogens with one attached hydrogen (secondary N) is 1. The van der Waals surface area contributed by atoms with Gasteiger partial charge in [0.15, 0.2) is 0 Å². The summed E-state index contributed by atoms with van der Waals surface area (Å²) in [7, 11) is 0. The summed E-state index contributed by atoms with van der Waals surface area (Å²) >= 11 is 2.20. The predicted octanol–water partition coefficient (Wildman–Crippen LogP) is 2.00. The summed E-state index contributed by atoms with van der Waals surface area (Å²) in [6.07, 6.45) is 1.21. The average Bonchev–Trinajstić information content (AvgIpc) is 2.91. The fraction of sp³-hybridized carbons (Fsp3) is 0.500. The van der Waals surface area contributed by atoms with Gasteiger partial charge in [0.2, 0.25) is 0 Å². The minimum Gasteiger partial charge on any atom is -0.366 e. The van der Waals surface area contributed by atoms with Gasteiger partial charge in [-0.15, -0.1) is 0 Å². The monoisotopic (exact) mass is 359 g/mol. The highest BCUT2D eigenvalue weighted by molar-refractivity contribution is 14.1. The molecule has 2 aliphatic heterocycles. The van der Waals surface area contributed by atoms with Gasteiger partial charge in [-0.25, -0.2) is 0 Å². The molecule has 6 heteroatoms. The number of benzene rings is 1. The van der Waals surface area contributed by atoms with E-state index in [-0.39, 0.29) is 10.6 Å². The molecule has 0 bridgehead atoms. The molecule has 3 rings (SSSR count). The van der Waals surface area contributed by atoms with Crippen molar-refractivity contribution >= 4 is 34.0 Å². The molecule has 0 amide bonds. The molecule has 2 heterocycles. The number of nitrogens with zero attached hydrogens (tertiary/aromatic N) is 2. The molecular formula is C12H14IN3O2. The van der Waals surface area contributed by atoms with Crippen molar-refractivity contribution < 1.29 is 4.92 Å². The van der Waals surface area contributed by atoms with Gasteiger partial charge in [0.05, 0.1) is 10.6 Å². The zero-order valence-corrected chi connectivity index (χ0v) is 12.0. The highest BCUT2D eigenvalue weighted by atomic mass is 127. The van der Waals surface area contributed by atoms with E-state index in [0.29, 0.717) is 6.04 Å². The summed E-state index contributed by atoms with van der Waals surface area (Å²) < 4.78 is 0.967. The van der Waals surface area contributed by atoms with E-state index in [2.05, 4.69) is 32.8 Å². The Morgan fingerprint density at radius 2 is 2.28 bits per heavy atom. The van der Waals surface area contributed by atoms with Crippen molar-refractivity contribution in [2.24, 2.45) is 5.92 Å². The van der Waals surface area contributed by atoms with Crippen molar-refractivity contribution in [3.63, 3.8) is 0 Å². The highest BCUT2D eigenvalue weighted by Crippen LogP contribution is 2.35. The molecule has 0 aliphatic carbocycles. The highest BCUT2D eigenvalue weighted by Gasteiger charge is 2.38. The van der Waals surface area contributed by atoms with Crippen LogP contribution in [0.15, 0.2) is 18.2 Å². The number of fused-ring (bicyclic) bond motifs is 1. The van der Waals surface area contributed by atoms with E-state index in [1.807, 2.05) is 6.07 Å². The van der Waals surface area contributed by atoms with Gasteiger partial charge in [-0.05, 0) is 41.0 Å². The average molecular weight is 359 g/mol. The fourth-order valence-electron chi connectivity index (χ4n) is 2.99. The lowest BCUT2D eigenvalue weighted by atomic mass is 10.1. The molecule has 0 saturated carbocycles. The minimum absolute atomic E-state index is 0.170. The molecule has 1 N–H and O–H groups in total. The number of hydrogen-bond donors (Lipinski definition) is 1. The predicted molar refractivity (Wildman–Crippen MR) is 77.9 cm³/mol. The van der Waals surface area contributed by atoms with E-state index < -0.39 is 0 Å². The van der Waals surface area contributed by atoms with E-state index in [1.54, 1.807) is 12.1 Å². The lowest BCUT2D eigenvalue weighted by molar-refractivity contribution is -0.384. The normalized spacial score (nSPS) is 26.4. The molecule has 2 atom stereocenters. The zero-order valence-electron chi connectivity index (χ0n) is 9.80. The summed E-state index contributed by atoms with van der Waals surface area (Å²) in [5.41, 5.74) is 1.31. The maximum absolute atomic E-state index is 10.7. The Bertz CT molecular complexity index is 494. The standard InChI is InChI=1S/C12H14IN3O2/c13-10-5-9(16(17)18)1-2-11(10)15-4-3-8-6-14-7-12(8)15/h1-2,5,8,12,14H,3-4,6-7H2/t8-,12+/m0/s1. The van der Waals surface area contributed by atoms with Crippen molar-refractivity contribution in [1.82, 2.24) is 5.32 Å². The van der Waals surface area contributed by atoms with Crippen LogP contribution in [0.3, 0.4) is 0 Å². The molecule has 0 aromatic heterocycles. The number of nitro groups is 1. The Kier molecular flexibility index (Phi) is 3.14. The van der Waals surface area contributed by atoms with Crippen molar-refractivity contribution in [3.05, 3.63) is 31.9 Å². The van der Waals surface area contributed by atoms with E-state index in [1.165, 1.54) is 6.42 Å². The fourth-order valence-corrected chi connectivity index (χ4v) is 3.80. The molecular weight excluding hydrogens is 345 g/mol. The van der Waals surface area contributed by atoms with E-state index in [9.17, 15) is 10.1 Å². The Hall–Kier alpha value is -0.890. The van der Waals surface area contributed by atoms with Crippen LogP contribution in [-0.2, 0) is 0 Å². The second kappa shape index (κ2) is 4.65. The summed E-state index contributed by atoms with van der Waals surface area (Å²) in [6.45, 7) is 3.19. The summed E-state index contributed by atoms with van der Waals surface area (Å²) in [5.74, 6) is 0.732. The summed E-state index contributed by atoms with van der Waals surface area (Å²) in [4.78, 5) is 12.8. The Morgan fingerprint density at radius 1 is 1.44 bits per heavy atom. The van der Waals surface area contributed by atoms with Crippen LogP contribution >= 0.6 is 22.6 Å². The molecule has 2 saturated heterocycles. The molecule has 1 aromatic rings. The maximum Gasteiger partial charge on any atom is 0.270 e. The molecule has 18 heavy (non-hydrogen) atoms. The van der Waals surface area contributed by atoms with Gasteiger partial charge in [0.1, 0.15) is 0 Å². The van der Waals surface area contributed by atoms with E-state index in [0.717, 1.165) is 34.8 Å². The minimum atomic E-state index is -0.337. The number of halogens is 1. The van der Waals surface area contributed by atoms with Gasteiger partial charge in [-0.3, -0.25) is 10.1 Å². The van der Waals surface area contributed by atoms with E-state index in [4.69, 9.17) is 0 Å². The second-order valence-electron chi connectivity index (χ2n) is 4.86. The quantitative estimate of drug-likeness (QED) is 0.499. The summed E-state index contributed by atoms with van der Waals surface area (Å²) in [6, 6.07) is 5.71. The SMILES string of the molecule is O=[N+]([O-])c1ccc(N2CC[C@H]3CNC[C@H]32)c(I)c1. The molecule has 5 nitrogen and oxygen atoms in total. The van der Waals surface area contributed by atoms with Crippen molar-refractivity contribution in [2.45, 2.75) is 12.5 Å². The van der Waals surface area contributed by atoms with Crippen LogP contribution in [0.1, 0.15) is 6.42 Å². The number of non-ortho nitro benzene ring substituents is 1. The molecule has 2 aliphatic rings. The molecule has 0 radical (unpaired) electrons. The van der Waals surface area contributed by atoms with Gasteiger partial charge in [0.25, 0.3) is 5.69 Å². The first-order chi connectivity index (χ1) is 8.66. The van der Waals surface area contributed by atoms with Crippen molar-refractivity contribution in [2.75, 3.05) is 24.5 Å². The molecule has 0 spiro atoms. The van der Waals surface area contributed by atoms with Crippen LogP contribution in [0.5, 0.6) is 0 Å². The molecule has 1 aromatic carbocycles. The number of nitro benzene ring substituents is 1. The Labute approximate surface area is 119 Å². The first-order valence-electron chi connectivity index (χ1n) is 6.08. The van der Waals surface area contributed by atoms with Crippen molar-refractivity contribution in [3.8, 4) is 0 Å². The van der Waals surface area contributed by atoms with Crippen LogP contribution in [0.25, 0.3) is 0 Å². The lowest BCUT2D eigenvalue weighted by Gasteiger charge is -2.26. The molecule has 96 valence electrons. The largest absolute Gasteiger partial charge is 0.366 e. The van der Waals surface area contributed by atoms with E-state index >= 15 is 0 Å². The molecule has 0 unspecified atom stereocenters. The van der Waals surface area contributed by atoms with Gasteiger partial charge in [0, 0.05) is 41.4 Å². The second-order valence-corrected chi connectivity index (χ2v) is 6.02. The lowest BCUT2D eigenvalue weighted by Crippen LogP contribution is -2.34. The van der Waals surface area contributed by atoms with Gasteiger partial charge >= 0.3 is 0 Å². The van der Waals surface area contributed by atoms with Crippen LogP contribution in [0, 0.1) is 19.6 Å². The Balaban J connectivity index is 1.90. The Morgan fingerprint density at radius 3 is 3.00 bits per heavy atom. The first-order valence-corrected chi connectivity index (χ1v) is 7.16. The summed E-state index contributed by atoms with van der Waals surface area (Å²) in [5, 5.41) is 14.2. The van der Waals surface area contributed by atoms with Crippen LogP contribution in [0.2, 0.25) is 0 Å². The number of rotatable bonds is 2. The van der Waals surface area contributed by atoms with Crippen molar-refractivity contribution in [1.29, 1.82) is 0 Å². The number of hydrogen-bond acceptors (Lipinski definition) is 4. The van der Waals surface area contributed by atoms with Gasteiger partial charge in [-0.2, -0.15) is 0 Å². The maximum atomic E-state index is 10.7. The first kappa shape index (κ1) is 12.2. The molecule has 2 fully saturated rings. The van der Waals surface area contributed by atoms with Crippen LogP contribution in [0.4, 0.5) is 11.4 Å². The van der Waals surface area contributed by atoms with Gasteiger partial charge in [-0.1, -0.05) is 0 Å². The van der Waals surface area contributed by atoms with Crippen LogP contribution < -0.4 is 10.2 Å². The third-order valence-corrected chi connectivity index (χ3v) is 4.76. The van der Waals surface area contributed by atoms with Gasteiger partial charge < -0.3 is 10.2 Å². The smallest absolute Gasteiger partial charge is 0.270 e. The number of anilines is 1. The zero-order chi connectivity index (χ0) is 12.7.